The number of anilines is 1. The van der Waals surface area contributed by atoms with Crippen molar-refractivity contribution >= 4 is 21.7 Å². The van der Waals surface area contributed by atoms with Crippen LogP contribution in [0.25, 0.3) is 0 Å². The zero-order valence-corrected chi connectivity index (χ0v) is 12.7. The maximum Gasteiger partial charge on any atom is 0.131 e. The molecule has 0 radical (unpaired) electrons. The summed E-state index contributed by atoms with van der Waals surface area (Å²) in [7, 11) is 0. The predicted molar refractivity (Wildman–Crippen MR) is 79.0 cm³/mol. The molecule has 1 aliphatic carbocycles. The van der Waals surface area contributed by atoms with E-state index in [1.807, 2.05) is 6.20 Å². The van der Waals surface area contributed by atoms with Crippen molar-refractivity contribution in [1.82, 2.24) is 4.98 Å². The van der Waals surface area contributed by atoms with Crippen LogP contribution in [0.15, 0.2) is 16.7 Å². The molecule has 1 aromatic rings. The summed E-state index contributed by atoms with van der Waals surface area (Å²) in [4.78, 5) is 7.07. The zero-order valence-electron chi connectivity index (χ0n) is 11.1. The number of rotatable bonds is 1. The Bertz CT molecular complexity index is 428. The molecule has 1 aliphatic heterocycles. The third-order valence-electron chi connectivity index (χ3n) is 4.81. The van der Waals surface area contributed by atoms with E-state index in [1.54, 1.807) is 0 Å². The highest BCUT2D eigenvalue weighted by Gasteiger charge is 2.37. The lowest BCUT2D eigenvalue weighted by atomic mass is 9.77. The molecule has 1 saturated carbocycles. The van der Waals surface area contributed by atoms with Crippen molar-refractivity contribution in [3.63, 3.8) is 0 Å². The van der Waals surface area contributed by atoms with Gasteiger partial charge in [-0.05, 0) is 65.6 Å². The topological polar surface area (TPSA) is 16.1 Å². The Kier molecular flexibility index (Phi) is 3.35. The number of halogens is 1. The van der Waals surface area contributed by atoms with Gasteiger partial charge in [-0.3, -0.25) is 0 Å². The molecule has 3 rings (SSSR count). The van der Waals surface area contributed by atoms with Crippen LogP contribution in [0.3, 0.4) is 0 Å². The lowest BCUT2D eigenvalue weighted by Gasteiger charge is -2.40. The summed E-state index contributed by atoms with van der Waals surface area (Å²) in [6.45, 7) is 4.54. The van der Waals surface area contributed by atoms with E-state index < -0.39 is 0 Å². The van der Waals surface area contributed by atoms with Crippen molar-refractivity contribution < 1.29 is 0 Å². The van der Waals surface area contributed by atoms with E-state index in [1.165, 1.54) is 63.0 Å². The van der Waals surface area contributed by atoms with Crippen LogP contribution in [0.1, 0.15) is 44.1 Å². The molecule has 2 heterocycles. The molecule has 2 aliphatic rings. The van der Waals surface area contributed by atoms with E-state index in [-0.39, 0.29) is 0 Å². The number of hydrogen-bond donors (Lipinski definition) is 0. The van der Waals surface area contributed by atoms with Crippen molar-refractivity contribution in [1.29, 1.82) is 0 Å². The van der Waals surface area contributed by atoms with Crippen molar-refractivity contribution in [3.8, 4) is 0 Å². The molecule has 0 bridgehead atoms. The van der Waals surface area contributed by atoms with Crippen molar-refractivity contribution in [2.45, 2.75) is 45.4 Å². The van der Waals surface area contributed by atoms with Gasteiger partial charge in [0.05, 0.1) is 0 Å². The SMILES string of the molecule is Cc1cc(Br)cnc1N1CCC2(CCCC2)CC1. The third-order valence-corrected chi connectivity index (χ3v) is 5.24. The lowest BCUT2D eigenvalue weighted by molar-refractivity contribution is 0.226. The van der Waals surface area contributed by atoms with Gasteiger partial charge in [0.25, 0.3) is 0 Å². The highest BCUT2D eigenvalue weighted by atomic mass is 79.9. The van der Waals surface area contributed by atoms with Crippen molar-refractivity contribution in [2.24, 2.45) is 5.41 Å². The fourth-order valence-corrected chi connectivity index (χ4v) is 4.13. The number of aryl methyl sites for hydroxylation is 1. The number of hydrogen-bond acceptors (Lipinski definition) is 2. The Balaban J connectivity index is 1.72. The highest BCUT2D eigenvalue weighted by molar-refractivity contribution is 9.10. The number of aromatic nitrogens is 1. The van der Waals surface area contributed by atoms with Gasteiger partial charge in [-0.2, -0.15) is 0 Å². The first-order valence-electron chi connectivity index (χ1n) is 7.06. The summed E-state index contributed by atoms with van der Waals surface area (Å²) in [5.41, 5.74) is 1.98. The fraction of sp³-hybridized carbons (Fsp3) is 0.667. The highest BCUT2D eigenvalue weighted by Crippen LogP contribution is 2.46. The van der Waals surface area contributed by atoms with Crippen LogP contribution in [0, 0.1) is 12.3 Å². The predicted octanol–water partition coefficient (Wildman–Crippen LogP) is 4.31. The lowest BCUT2D eigenvalue weighted by Crippen LogP contribution is -2.39. The maximum atomic E-state index is 4.60. The average molecular weight is 309 g/mol. The molecule has 0 atom stereocenters. The standard InChI is InChI=1S/C15H21BrN2/c1-12-10-13(16)11-17-14(12)18-8-6-15(7-9-18)4-2-3-5-15/h10-11H,2-9H2,1H3. The molecule has 1 spiro atoms. The Labute approximate surface area is 118 Å². The van der Waals surface area contributed by atoms with Gasteiger partial charge in [-0.25, -0.2) is 4.98 Å². The van der Waals surface area contributed by atoms with E-state index >= 15 is 0 Å². The minimum absolute atomic E-state index is 0.694. The van der Waals surface area contributed by atoms with Gasteiger partial charge in [-0.15, -0.1) is 0 Å². The number of piperidine rings is 1. The van der Waals surface area contributed by atoms with Crippen LogP contribution >= 0.6 is 15.9 Å². The molecule has 1 aromatic heterocycles. The Morgan fingerprint density at radius 1 is 1.17 bits per heavy atom. The molecule has 98 valence electrons. The van der Waals surface area contributed by atoms with E-state index in [0.717, 1.165) is 4.47 Å². The quantitative estimate of drug-likeness (QED) is 0.768. The van der Waals surface area contributed by atoms with Gasteiger partial charge in [0.2, 0.25) is 0 Å². The monoisotopic (exact) mass is 308 g/mol. The molecule has 0 unspecified atom stereocenters. The molecule has 1 saturated heterocycles. The third kappa shape index (κ3) is 2.29. The first-order valence-corrected chi connectivity index (χ1v) is 7.85. The van der Waals surface area contributed by atoms with Crippen LogP contribution in [-0.2, 0) is 0 Å². The summed E-state index contributed by atoms with van der Waals surface area (Å²) in [6, 6.07) is 2.17. The van der Waals surface area contributed by atoms with Gasteiger partial charge in [0, 0.05) is 23.8 Å². The molecular weight excluding hydrogens is 288 g/mol. The molecule has 0 aromatic carbocycles. The van der Waals surface area contributed by atoms with Gasteiger partial charge < -0.3 is 4.90 Å². The molecular formula is C15H21BrN2. The first kappa shape index (κ1) is 12.5. The van der Waals surface area contributed by atoms with Crippen LogP contribution in [-0.4, -0.2) is 18.1 Å². The maximum absolute atomic E-state index is 4.60. The van der Waals surface area contributed by atoms with Crippen molar-refractivity contribution in [3.05, 3.63) is 22.3 Å². The van der Waals surface area contributed by atoms with Crippen LogP contribution in [0.2, 0.25) is 0 Å². The van der Waals surface area contributed by atoms with E-state index in [0.29, 0.717) is 5.41 Å². The van der Waals surface area contributed by atoms with E-state index in [4.69, 9.17) is 0 Å². The second-order valence-electron chi connectivity index (χ2n) is 5.99. The average Bonchev–Trinajstić information content (AvgIpc) is 2.80. The number of pyridine rings is 1. The van der Waals surface area contributed by atoms with Gasteiger partial charge >= 0.3 is 0 Å². The summed E-state index contributed by atoms with van der Waals surface area (Å²) >= 11 is 3.49. The Morgan fingerprint density at radius 3 is 2.44 bits per heavy atom. The smallest absolute Gasteiger partial charge is 0.131 e. The number of nitrogens with zero attached hydrogens (tertiary/aromatic N) is 2. The summed E-state index contributed by atoms with van der Waals surface area (Å²) in [5.74, 6) is 1.19. The van der Waals surface area contributed by atoms with E-state index in [9.17, 15) is 0 Å². The molecule has 2 fully saturated rings. The fourth-order valence-electron chi connectivity index (χ4n) is 3.68. The van der Waals surface area contributed by atoms with Crippen molar-refractivity contribution in [2.75, 3.05) is 18.0 Å². The molecule has 0 amide bonds. The minimum atomic E-state index is 0.694. The molecule has 0 N–H and O–H groups in total. The molecule has 3 heteroatoms. The first-order chi connectivity index (χ1) is 8.69. The second-order valence-corrected chi connectivity index (χ2v) is 6.90. The normalized spacial score (nSPS) is 22.7. The summed E-state index contributed by atoms with van der Waals surface area (Å²) in [6.07, 6.45) is 10.5. The van der Waals surface area contributed by atoms with Crippen LogP contribution in [0.5, 0.6) is 0 Å². The summed E-state index contributed by atoms with van der Waals surface area (Å²) in [5, 5.41) is 0. The largest absolute Gasteiger partial charge is 0.356 e. The van der Waals surface area contributed by atoms with Gasteiger partial charge in [-0.1, -0.05) is 12.8 Å². The van der Waals surface area contributed by atoms with Gasteiger partial charge in [0.1, 0.15) is 5.82 Å². The zero-order chi connectivity index (χ0) is 12.6. The van der Waals surface area contributed by atoms with Crippen LogP contribution in [0.4, 0.5) is 5.82 Å². The summed E-state index contributed by atoms with van der Waals surface area (Å²) < 4.78 is 1.08. The molecule has 18 heavy (non-hydrogen) atoms. The van der Waals surface area contributed by atoms with Crippen LogP contribution < -0.4 is 4.90 Å². The minimum Gasteiger partial charge on any atom is -0.356 e. The Morgan fingerprint density at radius 2 is 1.83 bits per heavy atom. The van der Waals surface area contributed by atoms with Gasteiger partial charge in [0.15, 0.2) is 0 Å². The second kappa shape index (κ2) is 4.84. The Hall–Kier alpha value is -0.570. The van der Waals surface area contributed by atoms with E-state index in [2.05, 4.69) is 38.8 Å². The molecule has 2 nitrogen and oxygen atoms in total.